The Hall–Kier alpha value is -2.20. The lowest BCUT2D eigenvalue weighted by molar-refractivity contribution is 0.0511. The Morgan fingerprint density at radius 1 is 0.783 bits per heavy atom. The van der Waals surface area contributed by atoms with Crippen molar-refractivity contribution in [3.63, 3.8) is 0 Å². The van der Waals surface area contributed by atoms with Gasteiger partial charge in [-0.05, 0) is 35.4 Å². The number of hydrogen-bond donors (Lipinski definition) is 0. The Bertz CT molecular complexity index is 632. The molecule has 0 atom stereocenters. The van der Waals surface area contributed by atoms with E-state index in [1.807, 2.05) is 24.3 Å². The molecule has 0 N–H and O–H groups in total. The van der Waals surface area contributed by atoms with Crippen LogP contribution in [0.1, 0.15) is 25.0 Å². The molecule has 4 heteroatoms. The predicted octanol–water partition coefficient (Wildman–Crippen LogP) is 4.01. The van der Waals surface area contributed by atoms with Gasteiger partial charge in [-0.3, -0.25) is 0 Å². The molecule has 0 radical (unpaired) electrons. The standard InChI is InChI=1S/C19H24O4/c1-19(2,14-6-9-16(10-7-14)23-13-20-3)15-8-11-17(21-4)18(12-15)22-5/h6-12H,13H2,1-5H3. The van der Waals surface area contributed by atoms with Gasteiger partial charge >= 0.3 is 0 Å². The fourth-order valence-corrected chi connectivity index (χ4v) is 2.49. The van der Waals surface area contributed by atoms with Crippen LogP contribution in [-0.2, 0) is 10.2 Å². The molecular weight excluding hydrogens is 292 g/mol. The SMILES string of the molecule is COCOc1ccc(C(C)(C)c2ccc(OC)c(OC)c2)cc1. The molecule has 0 bridgehead atoms. The zero-order valence-electron chi connectivity index (χ0n) is 14.4. The zero-order chi connectivity index (χ0) is 16.9. The third-order valence-electron chi connectivity index (χ3n) is 4.02. The summed E-state index contributed by atoms with van der Waals surface area (Å²) in [6.45, 7) is 4.61. The molecule has 0 unspecified atom stereocenters. The third kappa shape index (κ3) is 3.77. The summed E-state index contributed by atoms with van der Waals surface area (Å²) in [7, 11) is 4.90. The van der Waals surface area contributed by atoms with E-state index < -0.39 is 0 Å². The molecule has 0 aliphatic rings. The first-order valence-corrected chi connectivity index (χ1v) is 7.47. The van der Waals surface area contributed by atoms with Gasteiger partial charge in [0.1, 0.15) is 5.75 Å². The summed E-state index contributed by atoms with van der Waals surface area (Å²) in [5, 5.41) is 0. The number of hydrogen-bond acceptors (Lipinski definition) is 4. The number of methoxy groups -OCH3 is 3. The molecule has 0 spiro atoms. The third-order valence-corrected chi connectivity index (χ3v) is 4.02. The first kappa shape index (κ1) is 17.2. The second-order valence-corrected chi connectivity index (χ2v) is 5.77. The number of benzene rings is 2. The molecule has 0 aromatic heterocycles. The molecule has 0 heterocycles. The van der Waals surface area contributed by atoms with Crippen molar-refractivity contribution in [3.8, 4) is 17.2 Å². The second kappa shape index (κ2) is 7.38. The van der Waals surface area contributed by atoms with E-state index in [9.17, 15) is 0 Å². The van der Waals surface area contributed by atoms with Crippen LogP contribution in [-0.4, -0.2) is 28.1 Å². The van der Waals surface area contributed by atoms with Gasteiger partial charge in [0.15, 0.2) is 18.3 Å². The molecular formula is C19H24O4. The smallest absolute Gasteiger partial charge is 0.188 e. The van der Waals surface area contributed by atoms with Crippen LogP contribution in [0.2, 0.25) is 0 Å². The Morgan fingerprint density at radius 2 is 1.39 bits per heavy atom. The highest BCUT2D eigenvalue weighted by Gasteiger charge is 2.24. The van der Waals surface area contributed by atoms with Gasteiger partial charge in [-0.25, -0.2) is 0 Å². The summed E-state index contributed by atoms with van der Waals surface area (Å²) < 4.78 is 21.1. The van der Waals surface area contributed by atoms with Crippen LogP contribution >= 0.6 is 0 Å². The molecule has 0 saturated carbocycles. The molecule has 0 saturated heterocycles. The largest absolute Gasteiger partial charge is 0.493 e. The van der Waals surface area contributed by atoms with Crippen LogP contribution in [0.25, 0.3) is 0 Å². The summed E-state index contributed by atoms with van der Waals surface area (Å²) in [6, 6.07) is 14.1. The minimum atomic E-state index is -0.167. The molecule has 4 nitrogen and oxygen atoms in total. The van der Waals surface area contributed by atoms with Crippen molar-refractivity contribution < 1.29 is 18.9 Å². The van der Waals surface area contributed by atoms with Crippen LogP contribution in [0.4, 0.5) is 0 Å². The maximum atomic E-state index is 5.44. The average Bonchev–Trinajstić information content (AvgIpc) is 2.59. The van der Waals surface area contributed by atoms with E-state index in [1.54, 1.807) is 21.3 Å². The van der Waals surface area contributed by atoms with Crippen LogP contribution in [0.5, 0.6) is 17.2 Å². The fraction of sp³-hybridized carbons (Fsp3) is 0.368. The maximum Gasteiger partial charge on any atom is 0.188 e. The summed E-state index contributed by atoms with van der Waals surface area (Å²) in [6.07, 6.45) is 0. The van der Waals surface area contributed by atoms with Crippen molar-refractivity contribution in [2.45, 2.75) is 19.3 Å². The normalized spacial score (nSPS) is 11.2. The zero-order valence-corrected chi connectivity index (χ0v) is 14.4. The van der Waals surface area contributed by atoms with Crippen molar-refractivity contribution in [2.24, 2.45) is 0 Å². The molecule has 0 fully saturated rings. The van der Waals surface area contributed by atoms with E-state index in [1.165, 1.54) is 5.56 Å². The summed E-state index contributed by atoms with van der Waals surface area (Å²) >= 11 is 0. The quantitative estimate of drug-likeness (QED) is 0.723. The average molecular weight is 316 g/mol. The van der Waals surface area contributed by atoms with Crippen molar-refractivity contribution in [1.82, 2.24) is 0 Å². The Labute approximate surface area is 137 Å². The lowest BCUT2D eigenvalue weighted by atomic mass is 9.78. The maximum absolute atomic E-state index is 5.44. The van der Waals surface area contributed by atoms with Crippen molar-refractivity contribution >= 4 is 0 Å². The van der Waals surface area contributed by atoms with Gasteiger partial charge < -0.3 is 18.9 Å². The first-order valence-electron chi connectivity index (χ1n) is 7.47. The monoisotopic (exact) mass is 316 g/mol. The molecule has 0 aliphatic carbocycles. The molecule has 23 heavy (non-hydrogen) atoms. The second-order valence-electron chi connectivity index (χ2n) is 5.77. The van der Waals surface area contributed by atoms with E-state index in [4.69, 9.17) is 18.9 Å². The van der Waals surface area contributed by atoms with E-state index >= 15 is 0 Å². The highest BCUT2D eigenvalue weighted by molar-refractivity contribution is 5.48. The topological polar surface area (TPSA) is 36.9 Å². The predicted molar refractivity (Wildman–Crippen MR) is 90.6 cm³/mol. The van der Waals surface area contributed by atoms with Gasteiger partial charge in [-0.1, -0.05) is 32.0 Å². The van der Waals surface area contributed by atoms with Gasteiger partial charge in [-0.15, -0.1) is 0 Å². The highest BCUT2D eigenvalue weighted by Crippen LogP contribution is 2.37. The van der Waals surface area contributed by atoms with Gasteiger partial charge in [0.05, 0.1) is 14.2 Å². The summed E-state index contributed by atoms with van der Waals surface area (Å²) in [5.74, 6) is 2.26. The molecule has 0 aliphatic heterocycles. The van der Waals surface area contributed by atoms with Gasteiger partial charge in [0, 0.05) is 12.5 Å². The van der Waals surface area contributed by atoms with Crippen LogP contribution in [0.15, 0.2) is 42.5 Å². The first-order chi connectivity index (χ1) is 11.0. The van der Waals surface area contributed by atoms with Crippen molar-refractivity contribution in [1.29, 1.82) is 0 Å². The molecule has 2 aromatic carbocycles. The summed E-state index contributed by atoms with van der Waals surface area (Å²) in [4.78, 5) is 0. The van der Waals surface area contributed by atoms with E-state index in [-0.39, 0.29) is 12.2 Å². The Morgan fingerprint density at radius 3 is 1.96 bits per heavy atom. The van der Waals surface area contributed by atoms with Crippen molar-refractivity contribution in [2.75, 3.05) is 28.1 Å². The minimum Gasteiger partial charge on any atom is -0.493 e. The van der Waals surface area contributed by atoms with Crippen molar-refractivity contribution in [3.05, 3.63) is 53.6 Å². The molecule has 0 amide bonds. The van der Waals surface area contributed by atoms with Crippen LogP contribution in [0.3, 0.4) is 0 Å². The van der Waals surface area contributed by atoms with E-state index in [0.717, 1.165) is 22.8 Å². The molecule has 124 valence electrons. The summed E-state index contributed by atoms with van der Waals surface area (Å²) in [5.41, 5.74) is 2.18. The number of rotatable bonds is 7. The lowest BCUT2D eigenvalue weighted by Crippen LogP contribution is -2.19. The Balaban J connectivity index is 2.30. The van der Waals surface area contributed by atoms with Gasteiger partial charge in [0.2, 0.25) is 0 Å². The van der Waals surface area contributed by atoms with E-state index in [2.05, 4.69) is 32.0 Å². The highest BCUT2D eigenvalue weighted by atomic mass is 16.7. The number of ether oxygens (including phenoxy) is 4. The van der Waals surface area contributed by atoms with E-state index in [0.29, 0.717) is 0 Å². The minimum absolute atomic E-state index is 0.167. The fourth-order valence-electron chi connectivity index (χ4n) is 2.49. The van der Waals surface area contributed by atoms with Gasteiger partial charge in [0.25, 0.3) is 0 Å². The lowest BCUT2D eigenvalue weighted by Gasteiger charge is -2.27. The van der Waals surface area contributed by atoms with Crippen LogP contribution in [0, 0.1) is 0 Å². The van der Waals surface area contributed by atoms with Crippen LogP contribution < -0.4 is 14.2 Å². The molecule has 2 rings (SSSR count). The Kier molecular flexibility index (Phi) is 5.50. The molecule has 2 aromatic rings. The van der Waals surface area contributed by atoms with Gasteiger partial charge in [-0.2, -0.15) is 0 Å².